The lowest BCUT2D eigenvalue weighted by molar-refractivity contribution is -0.126. The highest BCUT2D eigenvalue weighted by atomic mass is 19.1. The molecule has 1 aliphatic heterocycles. The summed E-state index contributed by atoms with van der Waals surface area (Å²) in [5.74, 6) is -0.485. The zero-order valence-corrected chi connectivity index (χ0v) is 8.81. The van der Waals surface area contributed by atoms with Crippen LogP contribution in [0.2, 0.25) is 0 Å². The van der Waals surface area contributed by atoms with Gasteiger partial charge in [0, 0.05) is 6.07 Å². The molecule has 1 aromatic carbocycles. The van der Waals surface area contributed by atoms with Gasteiger partial charge in [-0.15, -0.1) is 0 Å². The molecule has 0 aliphatic carbocycles. The van der Waals surface area contributed by atoms with Crippen molar-refractivity contribution < 1.29 is 19.0 Å². The lowest BCUT2D eigenvalue weighted by Crippen LogP contribution is -2.42. The fourth-order valence-corrected chi connectivity index (χ4v) is 1.65. The Morgan fingerprint density at radius 1 is 1.62 bits per heavy atom. The van der Waals surface area contributed by atoms with Crippen LogP contribution < -0.4 is 9.64 Å². The third kappa shape index (κ3) is 1.86. The van der Waals surface area contributed by atoms with E-state index >= 15 is 0 Å². The van der Waals surface area contributed by atoms with Crippen molar-refractivity contribution in [3.63, 3.8) is 0 Å². The van der Waals surface area contributed by atoms with Crippen molar-refractivity contribution in [2.24, 2.45) is 0 Å². The van der Waals surface area contributed by atoms with Gasteiger partial charge in [-0.3, -0.25) is 4.79 Å². The summed E-state index contributed by atoms with van der Waals surface area (Å²) in [4.78, 5) is 13.1. The summed E-state index contributed by atoms with van der Waals surface area (Å²) in [5, 5.41) is 9.25. The molecule has 86 valence electrons. The second-order valence-corrected chi connectivity index (χ2v) is 3.63. The molecule has 0 aromatic heterocycles. The number of ether oxygens (including phenoxy) is 1. The average Bonchev–Trinajstić information content (AvgIpc) is 2.26. The maximum atomic E-state index is 12.9. The molecule has 5 heteroatoms. The first-order chi connectivity index (χ1) is 7.59. The largest absolute Gasteiger partial charge is 0.489 e. The number of nitrogens with zero attached hydrogens (tertiary/aromatic N) is 1. The van der Waals surface area contributed by atoms with Crippen LogP contribution in [0.3, 0.4) is 0 Å². The number of rotatable bonds is 1. The van der Waals surface area contributed by atoms with Crippen LogP contribution in [0.4, 0.5) is 10.1 Å². The summed E-state index contributed by atoms with van der Waals surface area (Å²) >= 11 is 0. The number of anilines is 1. The number of halogens is 1. The molecule has 4 nitrogen and oxygen atoms in total. The Morgan fingerprint density at radius 3 is 3.06 bits per heavy atom. The first kappa shape index (κ1) is 10.9. The molecule has 1 heterocycles. The van der Waals surface area contributed by atoms with Gasteiger partial charge in [-0.25, -0.2) is 4.39 Å². The van der Waals surface area contributed by atoms with Crippen molar-refractivity contribution in [1.29, 1.82) is 0 Å². The van der Waals surface area contributed by atoms with Crippen LogP contribution >= 0.6 is 0 Å². The Labute approximate surface area is 92.2 Å². The van der Waals surface area contributed by atoms with Crippen molar-refractivity contribution in [2.75, 3.05) is 18.1 Å². The maximum absolute atomic E-state index is 12.9. The molecule has 0 radical (unpaired) electrons. The monoisotopic (exact) mass is 225 g/mol. The minimum Gasteiger partial charge on any atom is -0.489 e. The first-order valence-corrected chi connectivity index (χ1v) is 5.01. The minimum absolute atomic E-state index is 0.301. The molecule has 1 atom stereocenters. The summed E-state index contributed by atoms with van der Waals surface area (Å²) in [6.07, 6.45) is -1.07. The molecule has 1 aliphatic rings. The molecule has 0 spiro atoms. The van der Waals surface area contributed by atoms with Gasteiger partial charge in [-0.05, 0) is 19.1 Å². The van der Waals surface area contributed by atoms with E-state index in [0.29, 0.717) is 24.6 Å². The van der Waals surface area contributed by atoms with E-state index in [1.807, 2.05) is 0 Å². The number of aliphatic hydroxyl groups is 1. The van der Waals surface area contributed by atoms with Gasteiger partial charge in [0.05, 0.1) is 12.2 Å². The van der Waals surface area contributed by atoms with Gasteiger partial charge in [0.25, 0.3) is 5.91 Å². The van der Waals surface area contributed by atoms with Gasteiger partial charge < -0.3 is 14.7 Å². The maximum Gasteiger partial charge on any atom is 0.255 e. The van der Waals surface area contributed by atoms with E-state index in [9.17, 15) is 14.3 Å². The van der Waals surface area contributed by atoms with Crippen LogP contribution in [-0.4, -0.2) is 30.3 Å². The Hall–Kier alpha value is -1.62. The smallest absolute Gasteiger partial charge is 0.255 e. The van der Waals surface area contributed by atoms with Gasteiger partial charge >= 0.3 is 0 Å². The molecule has 2 rings (SSSR count). The molecule has 0 fully saturated rings. The molecular weight excluding hydrogens is 213 g/mol. The van der Waals surface area contributed by atoms with E-state index in [-0.39, 0.29) is 0 Å². The first-order valence-electron chi connectivity index (χ1n) is 5.01. The summed E-state index contributed by atoms with van der Waals surface area (Å²) in [5.41, 5.74) is 0.499. The third-order valence-corrected chi connectivity index (χ3v) is 2.41. The quantitative estimate of drug-likeness (QED) is 0.773. The van der Waals surface area contributed by atoms with Gasteiger partial charge in [0.1, 0.15) is 24.3 Å². The number of aliphatic hydroxyl groups excluding tert-OH is 1. The van der Waals surface area contributed by atoms with Crippen LogP contribution in [0, 0.1) is 5.82 Å². The number of hydrogen-bond donors (Lipinski definition) is 1. The lowest BCUT2D eigenvalue weighted by Gasteiger charge is -2.30. The fourth-order valence-electron chi connectivity index (χ4n) is 1.65. The summed E-state index contributed by atoms with van der Waals surface area (Å²) in [6.45, 7) is 2.07. The van der Waals surface area contributed by atoms with E-state index in [0.717, 1.165) is 0 Å². The van der Waals surface area contributed by atoms with Gasteiger partial charge in [0.15, 0.2) is 0 Å². The summed E-state index contributed by atoms with van der Waals surface area (Å²) in [6, 6.07) is 3.97. The SMILES string of the molecule is CC(O)C(=O)N1CCOc2cc(F)ccc21. The highest BCUT2D eigenvalue weighted by molar-refractivity contribution is 5.97. The molecule has 16 heavy (non-hydrogen) atoms. The molecule has 0 saturated carbocycles. The number of fused-ring (bicyclic) bond motifs is 1. The Kier molecular flexibility index (Phi) is 2.78. The molecule has 0 bridgehead atoms. The number of carbonyl (C=O) groups excluding carboxylic acids is 1. The predicted molar refractivity (Wildman–Crippen MR) is 55.9 cm³/mol. The molecule has 0 saturated heterocycles. The van der Waals surface area contributed by atoms with Crippen LogP contribution in [0.15, 0.2) is 18.2 Å². The van der Waals surface area contributed by atoms with Crippen LogP contribution in [0.1, 0.15) is 6.92 Å². The van der Waals surface area contributed by atoms with Crippen LogP contribution in [0.25, 0.3) is 0 Å². The molecular formula is C11H12FNO3. The predicted octanol–water partition coefficient (Wildman–Crippen LogP) is 0.932. The van der Waals surface area contributed by atoms with E-state index in [4.69, 9.17) is 4.74 Å². The van der Waals surface area contributed by atoms with E-state index in [2.05, 4.69) is 0 Å². The molecule has 1 unspecified atom stereocenters. The highest BCUT2D eigenvalue weighted by Gasteiger charge is 2.26. The van der Waals surface area contributed by atoms with Crippen molar-refractivity contribution in [2.45, 2.75) is 13.0 Å². The zero-order valence-electron chi connectivity index (χ0n) is 8.81. The Morgan fingerprint density at radius 2 is 2.38 bits per heavy atom. The number of amides is 1. The molecule has 1 amide bonds. The van der Waals surface area contributed by atoms with Crippen molar-refractivity contribution in [1.82, 2.24) is 0 Å². The number of benzene rings is 1. The topological polar surface area (TPSA) is 49.8 Å². The summed E-state index contributed by atoms with van der Waals surface area (Å²) in [7, 11) is 0. The van der Waals surface area contributed by atoms with Crippen molar-refractivity contribution in [3.05, 3.63) is 24.0 Å². The van der Waals surface area contributed by atoms with E-state index in [1.165, 1.54) is 30.0 Å². The lowest BCUT2D eigenvalue weighted by atomic mass is 10.2. The second-order valence-electron chi connectivity index (χ2n) is 3.63. The highest BCUT2D eigenvalue weighted by Crippen LogP contribution is 2.32. The normalized spacial score (nSPS) is 16.3. The van der Waals surface area contributed by atoms with Crippen LogP contribution in [0.5, 0.6) is 5.75 Å². The third-order valence-electron chi connectivity index (χ3n) is 2.41. The summed E-state index contributed by atoms with van der Waals surface area (Å²) < 4.78 is 18.2. The van der Waals surface area contributed by atoms with Gasteiger partial charge in [-0.1, -0.05) is 0 Å². The zero-order chi connectivity index (χ0) is 11.7. The molecule has 1 aromatic rings. The fraction of sp³-hybridized carbons (Fsp3) is 0.364. The molecule has 1 N–H and O–H groups in total. The van der Waals surface area contributed by atoms with Crippen molar-refractivity contribution in [3.8, 4) is 5.75 Å². The number of carbonyl (C=O) groups is 1. The van der Waals surface area contributed by atoms with Gasteiger partial charge in [0.2, 0.25) is 0 Å². The Bertz CT molecular complexity index is 420. The Balaban J connectivity index is 2.37. The van der Waals surface area contributed by atoms with E-state index in [1.54, 1.807) is 0 Å². The van der Waals surface area contributed by atoms with Gasteiger partial charge in [-0.2, -0.15) is 0 Å². The van der Waals surface area contributed by atoms with E-state index < -0.39 is 17.8 Å². The second kappa shape index (κ2) is 4.09. The minimum atomic E-state index is -1.07. The average molecular weight is 225 g/mol. The standard InChI is InChI=1S/C11H12FNO3/c1-7(14)11(15)13-4-5-16-10-6-8(12)2-3-9(10)13/h2-3,6-7,14H,4-5H2,1H3. The van der Waals surface area contributed by atoms with Crippen LogP contribution in [-0.2, 0) is 4.79 Å². The van der Waals surface area contributed by atoms with Crippen molar-refractivity contribution >= 4 is 11.6 Å². The number of hydrogen-bond acceptors (Lipinski definition) is 3.